The van der Waals surface area contributed by atoms with Gasteiger partial charge >= 0.3 is 0 Å². The number of nitrogens with two attached hydrogens (primary N) is 1. The Morgan fingerprint density at radius 1 is 1.26 bits per heavy atom. The molecule has 0 spiro atoms. The molecule has 0 aliphatic carbocycles. The van der Waals surface area contributed by atoms with Gasteiger partial charge in [-0.25, -0.2) is 11.0 Å². The van der Waals surface area contributed by atoms with Crippen LogP contribution in [0.15, 0.2) is 36.4 Å². The molecule has 1 saturated heterocycles. The van der Waals surface area contributed by atoms with Gasteiger partial charge in [0, 0.05) is 11.5 Å². The maximum Gasteiger partial charge on any atom is 0.274 e. The maximum absolute atomic E-state index is 12.2. The third-order valence-corrected chi connectivity index (χ3v) is 4.26. The zero-order valence-corrected chi connectivity index (χ0v) is 13.1. The van der Waals surface area contributed by atoms with E-state index in [2.05, 4.69) is 4.84 Å². The molecule has 0 bridgehead atoms. The first-order valence-corrected chi connectivity index (χ1v) is 7.20. The minimum absolute atomic E-state index is 0. The summed E-state index contributed by atoms with van der Waals surface area (Å²) in [4.78, 5) is 22.3. The van der Waals surface area contributed by atoms with Crippen molar-refractivity contribution in [1.29, 1.82) is 0 Å². The van der Waals surface area contributed by atoms with Crippen molar-refractivity contribution < 1.29 is 19.2 Å². The number of rotatable bonds is 2. The van der Waals surface area contributed by atoms with E-state index < -0.39 is 0 Å². The Morgan fingerprint density at radius 3 is 2.91 bits per heavy atom. The fourth-order valence-electron chi connectivity index (χ4n) is 3.30. The van der Waals surface area contributed by atoms with Crippen LogP contribution in [0.25, 0.3) is 10.8 Å². The van der Waals surface area contributed by atoms with Crippen molar-refractivity contribution >= 4 is 29.1 Å². The quantitative estimate of drug-likeness (QED) is 0.849. The minimum Gasteiger partial charge on any atom is -0.493 e. The number of amides is 1. The zero-order valence-electron chi connectivity index (χ0n) is 12.3. The average molecular weight is 337 g/mol. The number of ether oxygens (including phenoxy) is 1. The number of carbonyl (C=O) groups is 1. The number of carbonyl (C=O) groups excluding carboxylic acids is 1. The highest BCUT2D eigenvalue weighted by Gasteiger charge is 2.44. The van der Waals surface area contributed by atoms with Crippen molar-refractivity contribution in [2.45, 2.75) is 6.04 Å². The number of fused-ring (bicyclic) bond motifs is 5. The van der Waals surface area contributed by atoms with Gasteiger partial charge in [0.05, 0.1) is 19.3 Å². The molecular formula is C16H17ClN2O4. The fraction of sp³-hybridized carbons (Fsp3) is 0.312. The van der Waals surface area contributed by atoms with Gasteiger partial charge in [0.15, 0.2) is 0 Å². The number of halogens is 1. The van der Waals surface area contributed by atoms with E-state index in [9.17, 15) is 4.79 Å². The summed E-state index contributed by atoms with van der Waals surface area (Å²) in [5.74, 6) is 5.65. The van der Waals surface area contributed by atoms with E-state index in [4.69, 9.17) is 15.5 Å². The molecular weight excluding hydrogens is 320 g/mol. The Balaban J connectivity index is 0.00000156. The molecule has 2 aromatic rings. The molecule has 2 atom stereocenters. The molecule has 2 unspecified atom stereocenters. The largest absolute Gasteiger partial charge is 0.493 e. The molecule has 2 aliphatic heterocycles. The van der Waals surface area contributed by atoms with E-state index >= 15 is 0 Å². The van der Waals surface area contributed by atoms with Crippen molar-refractivity contribution in [3.8, 4) is 5.75 Å². The highest BCUT2D eigenvalue weighted by atomic mass is 35.5. The molecule has 2 N–H and O–H groups in total. The first kappa shape index (κ1) is 16.0. The summed E-state index contributed by atoms with van der Waals surface area (Å²) in [6.45, 7) is 0.775. The van der Waals surface area contributed by atoms with Crippen LogP contribution in [0.5, 0.6) is 5.75 Å². The summed E-state index contributed by atoms with van der Waals surface area (Å²) >= 11 is 0. The molecule has 23 heavy (non-hydrogen) atoms. The van der Waals surface area contributed by atoms with Crippen molar-refractivity contribution in [2.24, 2.45) is 11.8 Å². The van der Waals surface area contributed by atoms with Gasteiger partial charge in [-0.05, 0) is 16.8 Å². The fourth-order valence-corrected chi connectivity index (χ4v) is 3.30. The van der Waals surface area contributed by atoms with Crippen LogP contribution >= 0.6 is 12.4 Å². The number of hydrogen-bond donors (Lipinski definition) is 1. The molecule has 2 heterocycles. The molecule has 0 saturated carbocycles. The van der Waals surface area contributed by atoms with Crippen LogP contribution in [-0.2, 0) is 14.5 Å². The predicted octanol–water partition coefficient (Wildman–Crippen LogP) is 1.98. The number of hydroxylamine groups is 2. The van der Waals surface area contributed by atoms with Crippen LogP contribution in [0.2, 0.25) is 0 Å². The van der Waals surface area contributed by atoms with Crippen molar-refractivity contribution in [1.82, 2.24) is 5.06 Å². The Labute approximate surface area is 139 Å². The Morgan fingerprint density at radius 2 is 2.09 bits per heavy atom. The lowest BCUT2D eigenvalue weighted by Gasteiger charge is -2.32. The summed E-state index contributed by atoms with van der Waals surface area (Å²) in [5, 5.41) is 3.58. The van der Waals surface area contributed by atoms with Crippen LogP contribution in [0.1, 0.15) is 11.6 Å². The summed E-state index contributed by atoms with van der Waals surface area (Å²) < 4.78 is 5.86. The molecule has 0 radical (unpaired) electrons. The van der Waals surface area contributed by atoms with Gasteiger partial charge in [-0.15, -0.1) is 12.4 Å². The molecule has 1 amide bonds. The van der Waals surface area contributed by atoms with Gasteiger partial charge in [-0.2, -0.15) is 0 Å². The average Bonchev–Trinajstić information content (AvgIpc) is 2.99. The third kappa shape index (κ3) is 2.53. The highest BCUT2D eigenvalue weighted by molar-refractivity contribution is 5.89. The van der Waals surface area contributed by atoms with Crippen LogP contribution < -0.4 is 10.6 Å². The van der Waals surface area contributed by atoms with Crippen LogP contribution in [0, 0.1) is 5.92 Å². The molecule has 7 heteroatoms. The number of nitrogens with zero attached hydrogens (tertiary/aromatic N) is 1. The standard InChI is InChI=1S/C16H16N2O4.ClH/c17-21-9-14(19)18-16-11(8-22-18)7-20-13-6-5-10-3-1-2-4-12(10)15(13)16;/h1-6,11,16H,7-9,17H2;1H. The zero-order chi connectivity index (χ0) is 15.1. The van der Waals surface area contributed by atoms with Crippen LogP contribution in [-0.4, -0.2) is 30.8 Å². The Kier molecular flexibility index (Phi) is 4.41. The molecule has 2 aromatic carbocycles. The molecule has 6 nitrogen and oxygen atoms in total. The van der Waals surface area contributed by atoms with Gasteiger partial charge in [0.1, 0.15) is 12.4 Å². The van der Waals surface area contributed by atoms with Gasteiger partial charge in [-0.1, -0.05) is 30.3 Å². The third-order valence-electron chi connectivity index (χ3n) is 4.26. The Bertz CT molecular complexity index is 739. The lowest BCUT2D eigenvalue weighted by Crippen LogP contribution is -2.37. The van der Waals surface area contributed by atoms with Gasteiger partial charge in [0.25, 0.3) is 5.91 Å². The van der Waals surface area contributed by atoms with E-state index in [0.29, 0.717) is 13.2 Å². The first-order valence-electron chi connectivity index (χ1n) is 7.20. The predicted molar refractivity (Wildman–Crippen MR) is 85.9 cm³/mol. The van der Waals surface area contributed by atoms with E-state index in [1.165, 1.54) is 5.06 Å². The second kappa shape index (κ2) is 6.33. The Hall–Kier alpha value is -1.86. The van der Waals surface area contributed by atoms with Crippen molar-refractivity contribution in [3.05, 3.63) is 42.0 Å². The second-order valence-electron chi connectivity index (χ2n) is 5.54. The first-order chi connectivity index (χ1) is 10.8. The van der Waals surface area contributed by atoms with Crippen molar-refractivity contribution in [2.75, 3.05) is 19.8 Å². The SMILES string of the molecule is Cl.NOCC(=O)N1OCC2COc3ccc4ccccc4c3C21. The molecule has 4 rings (SSSR count). The second-order valence-corrected chi connectivity index (χ2v) is 5.54. The van der Waals surface area contributed by atoms with E-state index in [1.807, 2.05) is 36.4 Å². The summed E-state index contributed by atoms with van der Waals surface area (Å²) in [6.07, 6.45) is 0. The van der Waals surface area contributed by atoms with Gasteiger partial charge in [0.2, 0.25) is 0 Å². The van der Waals surface area contributed by atoms with Crippen LogP contribution in [0.4, 0.5) is 0 Å². The number of benzene rings is 2. The normalized spacial score (nSPS) is 22.0. The lowest BCUT2D eigenvalue weighted by molar-refractivity contribution is -0.182. The topological polar surface area (TPSA) is 74.0 Å². The highest BCUT2D eigenvalue weighted by Crippen LogP contribution is 2.46. The van der Waals surface area contributed by atoms with E-state index in [1.54, 1.807) is 0 Å². The molecule has 122 valence electrons. The molecule has 2 aliphatic rings. The lowest BCUT2D eigenvalue weighted by atomic mass is 9.88. The summed E-state index contributed by atoms with van der Waals surface area (Å²) in [5.41, 5.74) is 0.997. The van der Waals surface area contributed by atoms with Gasteiger partial charge < -0.3 is 4.74 Å². The monoisotopic (exact) mass is 336 g/mol. The summed E-state index contributed by atoms with van der Waals surface area (Å²) in [7, 11) is 0. The smallest absolute Gasteiger partial charge is 0.274 e. The minimum atomic E-state index is -0.282. The number of hydrogen-bond acceptors (Lipinski definition) is 5. The van der Waals surface area contributed by atoms with E-state index in [0.717, 1.165) is 22.1 Å². The maximum atomic E-state index is 12.2. The molecule has 0 aromatic heterocycles. The van der Waals surface area contributed by atoms with E-state index in [-0.39, 0.29) is 36.9 Å². The van der Waals surface area contributed by atoms with Crippen LogP contribution in [0.3, 0.4) is 0 Å². The van der Waals surface area contributed by atoms with Crippen molar-refractivity contribution in [3.63, 3.8) is 0 Å². The molecule has 1 fully saturated rings. The van der Waals surface area contributed by atoms with Gasteiger partial charge in [-0.3, -0.25) is 14.5 Å². The summed E-state index contributed by atoms with van der Waals surface area (Å²) in [6, 6.07) is 11.9.